The Balaban J connectivity index is 1.67. The molecule has 0 saturated carbocycles. The Bertz CT molecular complexity index is 664. The van der Waals surface area contributed by atoms with Crippen molar-refractivity contribution in [1.29, 1.82) is 0 Å². The SMILES string of the molecule is CC(CC1CN(C(=S)S)CC(Cc2ccccc2)[N+]1(C)O)CN1CCN(C)CC1. The molecule has 3 rings (SSSR count). The van der Waals surface area contributed by atoms with Crippen LogP contribution in [0.1, 0.15) is 18.9 Å². The predicted octanol–water partition coefficient (Wildman–Crippen LogP) is 2.61. The monoisotopic (exact) mass is 437 g/mol. The van der Waals surface area contributed by atoms with Gasteiger partial charge in [-0.3, -0.25) is 0 Å². The Kier molecular flexibility index (Phi) is 7.98. The second-order valence-corrected chi connectivity index (χ2v) is 10.3. The fraction of sp³-hybridized carbons (Fsp3) is 0.682. The molecule has 2 fully saturated rings. The molecule has 1 N–H and O–H groups in total. The highest BCUT2D eigenvalue weighted by atomic mass is 32.1. The summed E-state index contributed by atoms with van der Waals surface area (Å²) in [7, 11) is 4.18. The van der Waals surface area contributed by atoms with E-state index in [1.165, 1.54) is 5.56 Å². The normalized spacial score (nSPS) is 30.3. The zero-order chi connectivity index (χ0) is 21.0. The topological polar surface area (TPSA) is 30.0 Å². The number of rotatable bonds is 6. The van der Waals surface area contributed by atoms with E-state index >= 15 is 0 Å². The Labute approximate surface area is 187 Å². The Morgan fingerprint density at radius 2 is 1.79 bits per heavy atom. The summed E-state index contributed by atoms with van der Waals surface area (Å²) in [6, 6.07) is 10.7. The van der Waals surface area contributed by atoms with Crippen LogP contribution in [0, 0.1) is 5.92 Å². The van der Waals surface area contributed by atoms with Crippen LogP contribution in [0.3, 0.4) is 0 Å². The molecule has 0 spiro atoms. The molecule has 29 heavy (non-hydrogen) atoms. The highest BCUT2D eigenvalue weighted by molar-refractivity contribution is 8.10. The zero-order valence-corrected chi connectivity index (χ0v) is 19.8. The average molecular weight is 438 g/mol. The first-order chi connectivity index (χ1) is 13.8. The third-order valence-corrected chi connectivity index (χ3v) is 7.31. The lowest BCUT2D eigenvalue weighted by molar-refractivity contribution is -1.13. The molecule has 0 aliphatic carbocycles. The number of piperazine rings is 2. The molecular formula is C22H37N4OS2+. The van der Waals surface area contributed by atoms with Gasteiger partial charge in [0.2, 0.25) is 0 Å². The molecule has 2 heterocycles. The molecule has 0 bridgehead atoms. The van der Waals surface area contributed by atoms with E-state index in [0.717, 1.165) is 58.7 Å². The lowest BCUT2D eigenvalue weighted by Gasteiger charge is -2.49. The summed E-state index contributed by atoms with van der Waals surface area (Å²) in [6.07, 6.45) is 1.82. The number of thiol groups is 1. The van der Waals surface area contributed by atoms with Gasteiger partial charge in [-0.2, -0.15) is 4.65 Å². The number of quaternary nitrogens is 1. The van der Waals surface area contributed by atoms with Crippen LogP contribution >= 0.6 is 24.8 Å². The minimum atomic E-state index is 0.0643. The van der Waals surface area contributed by atoms with Crippen LogP contribution in [0.5, 0.6) is 0 Å². The van der Waals surface area contributed by atoms with E-state index in [9.17, 15) is 5.21 Å². The molecule has 2 saturated heterocycles. The average Bonchev–Trinajstić information content (AvgIpc) is 2.67. The standard InChI is InChI=1S/C22H36N4OS2/c1-18(15-24-11-9-23(2)10-12-24)13-20-16-25(22(28)29)17-21(26(20,3)27)14-19-7-5-4-6-8-19/h4-8,18,20-21,27H,9-17H2,1-3H3/p+1. The van der Waals surface area contributed by atoms with E-state index in [1.54, 1.807) is 0 Å². The third-order valence-electron chi connectivity index (χ3n) is 6.77. The summed E-state index contributed by atoms with van der Waals surface area (Å²) < 4.78 is 0.703. The van der Waals surface area contributed by atoms with Crippen molar-refractivity contribution in [2.75, 3.05) is 59.9 Å². The van der Waals surface area contributed by atoms with Crippen LogP contribution in [-0.2, 0) is 6.42 Å². The Morgan fingerprint density at radius 3 is 2.41 bits per heavy atom. The van der Waals surface area contributed by atoms with Crippen molar-refractivity contribution in [3.05, 3.63) is 35.9 Å². The van der Waals surface area contributed by atoms with Crippen LogP contribution in [0.25, 0.3) is 0 Å². The zero-order valence-electron chi connectivity index (χ0n) is 18.1. The van der Waals surface area contributed by atoms with Crippen LogP contribution in [0.4, 0.5) is 0 Å². The van der Waals surface area contributed by atoms with E-state index in [-0.39, 0.29) is 16.7 Å². The summed E-state index contributed by atoms with van der Waals surface area (Å²) in [4.78, 5) is 7.14. The smallest absolute Gasteiger partial charge is 0.140 e. The Hall–Kier alpha value is -0.700. The van der Waals surface area contributed by atoms with Crippen molar-refractivity contribution in [2.24, 2.45) is 5.92 Å². The summed E-state index contributed by atoms with van der Waals surface area (Å²) in [5, 5.41) is 11.6. The molecule has 7 heteroatoms. The minimum absolute atomic E-state index is 0.0643. The second-order valence-electron chi connectivity index (χ2n) is 9.23. The summed E-state index contributed by atoms with van der Waals surface area (Å²) >= 11 is 9.87. The molecular weight excluding hydrogens is 400 g/mol. The summed E-state index contributed by atoms with van der Waals surface area (Å²) in [6.45, 7) is 9.50. The predicted molar refractivity (Wildman–Crippen MR) is 127 cm³/mol. The van der Waals surface area contributed by atoms with Crippen molar-refractivity contribution in [3.8, 4) is 0 Å². The molecule has 2 aliphatic rings. The van der Waals surface area contributed by atoms with Crippen molar-refractivity contribution < 1.29 is 9.85 Å². The fourth-order valence-electron chi connectivity index (χ4n) is 4.80. The molecule has 1 aromatic rings. The van der Waals surface area contributed by atoms with Gasteiger partial charge >= 0.3 is 0 Å². The molecule has 5 nitrogen and oxygen atoms in total. The first-order valence-corrected chi connectivity index (χ1v) is 11.6. The number of hydrogen-bond donors (Lipinski definition) is 2. The van der Waals surface area contributed by atoms with E-state index in [0.29, 0.717) is 10.2 Å². The van der Waals surface area contributed by atoms with Gasteiger partial charge in [-0.15, -0.1) is 12.6 Å². The lowest BCUT2D eigenvalue weighted by atomic mass is 9.93. The van der Waals surface area contributed by atoms with Gasteiger partial charge in [-0.05, 0) is 18.5 Å². The van der Waals surface area contributed by atoms with Crippen LogP contribution in [-0.4, -0.2) is 101 Å². The highest BCUT2D eigenvalue weighted by Gasteiger charge is 2.46. The molecule has 0 amide bonds. The summed E-state index contributed by atoms with van der Waals surface area (Å²) in [5.41, 5.74) is 1.26. The van der Waals surface area contributed by atoms with Gasteiger partial charge in [0.05, 0.1) is 20.1 Å². The summed E-state index contributed by atoms with van der Waals surface area (Å²) in [5.74, 6) is 0.527. The first-order valence-electron chi connectivity index (χ1n) is 10.8. The minimum Gasteiger partial charge on any atom is -0.346 e. The van der Waals surface area contributed by atoms with Gasteiger partial charge in [0.25, 0.3) is 0 Å². The van der Waals surface area contributed by atoms with Gasteiger partial charge in [0.15, 0.2) is 0 Å². The van der Waals surface area contributed by atoms with Crippen LogP contribution in [0.15, 0.2) is 30.3 Å². The largest absolute Gasteiger partial charge is 0.346 e. The number of thiocarbonyl (C=S) groups is 1. The molecule has 0 radical (unpaired) electrons. The van der Waals surface area contributed by atoms with E-state index < -0.39 is 0 Å². The highest BCUT2D eigenvalue weighted by Crippen LogP contribution is 2.29. The van der Waals surface area contributed by atoms with Crippen LogP contribution < -0.4 is 0 Å². The number of likely N-dealkylation sites (N-methyl/N-ethyl adjacent to an activating group) is 2. The van der Waals surface area contributed by atoms with Crippen molar-refractivity contribution in [3.63, 3.8) is 0 Å². The first kappa shape index (κ1) is 23.0. The molecule has 1 aromatic carbocycles. The van der Waals surface area contributed by atoms with Crippen molar-refractivity contribution in [2.45, 2.75) is 31.8 Å². The maximum absolute atomic E-state index is 11.6. The maximum atomic E-state index is 11.6. The van der Waals surface area contributed by atoms with Crippen molar-refractivity contribution >= 4 is 29.2 Å². The molecule has 162 valence electrons. The molecule has 2 aliphatic heterocycles. The van der Waals surface area contributed by atoms with Gasteiger partial charge in [0.1, 0.15) is 16.4 Å². The van der Waals surface area contributed by atoms with Gasteiger partial charge in [-0.1, -0.05) is 49.5 Å². The quantitative estimate of drug-likeness (QED) is 0.406. The van der Waals surface area contributed by atoms with E-state index in [2.05, 4.69) is 65.6 Å². The number of nitrogens with zero attached hydrogens (tertiary/aromatic N) is 4. The second kappa shape index (κ2) is 10.1. The fourth-order valence-corrected chi connectivity index (χ4v) is 5.11. The van der Waals surface area contributed by atoms with Gasteiger partial charge in [0, 0.05) is 45.6 Å². The third kappa shape index (κ3) is 6.15. The van der Waals surface area contributed by atoms with Gasteiger partial charge in [-0.25, -0.2) is 5.21 Å². The number of benzene rings is 1. The van der Waals surface area contributed by atoms with Gasteiger partial charge < -0.3 is 14.7 Å². The maximum Gasteiger partial charge on any atom is 0.140 e. The van der Waals surface area contributed by atoms with Crippen molar-refractivity contribution in [1.82, 2.24) is 14.7 Å². The van der Waals surface area contributed by atoms with E-state index in [4.69, 9.17) is 12.2 Å². The molecule has 4 unspecified atom stereocenters. The molecule has 4 atom stereocenters. The number of hydrogen-bond acceptors (Lipinski definition) is 4. The Morgan fingerprint density at radius 1 is 1.17 bits per heavy atom. The van der Waals surface area contributed by atoms with Crippen LogP contribution in [0.2, 0.25) is 0 Å². The molecule has 0 aromatic heterocycles. The van der Waals surface area contributed by atoms with E-state index in [1.807, 2.05) is 13.1 Å². The number of hydroxylamine groups is 3. The lowest BCUT2D eigenvalue weighted by Crippen LogP contribution is -2.68.